The molecular weight excluding hydrogens is 491 g/mol. The van der Waals surface area contributed by atoms with Crippen LogP contribution in [0.1, 0.15) is 48.0 Å². The zero-order valence-electron chi connectivity index (χ0n) is 16.4. The normalized spacial score (nSPS) is 12.1. The molecule has 1 atom stereocenters. The number of hydrogen-bond donors (Lipinski definition) is 3. The van der Waals surface area contributed by atoms with Gasteiger partial charge in [0.2, 0.25) is 0 Å². The van der Waals surface area contributed by atoms with Crippen molar-refractivity contribution in [2.45, 2.75) is 33.2 Å². The smallest absolute Gasteiger partial charge is 0.287 e. The Morgan fingerprint density at radius 2 is 2.07 bits per heavy atom. The molecule has 3 N–H and O–H groups in total. The highest BCUT2D eigenvalue weighted by atomic mass is 127. The first-order valence-corrected chi connectivity index (χ1v) is 9.51. The number of nitrogens with one attached hydrogen (secondary N) is 3. The Hall–Kier alpha value is -1.74. The summed E-state index contributed by atoms with van der Waals surface area (Å²) < 4.78 is 5.18. The quantitative estimate of drug-likeness (QED) is 0.211. The van der Waals surface area contributed by atoms with Gasteiger partial charge in [0.05, 0.1) is 12.3 Å². The van der Waals surface area contributed by atoms with E-state index in [1.54, 1.807) is 6.07 Å². The van der Waals surface area contributed by atoms with Crippen LogP contribution < -0.4 is 16.0 Å². The van der Waals surface area contributed by atoms with Crippen LogP contribution in [0.2, 0.25) is 5.02 Å². The number of benzene rings is 1. The molecule has 0 saturated carbocycles. The van der Waals surface area contributed by atoms with Crippen LogP contribution in [0.25, 0.3) is 0 Å². The summed E-state index contributed by atoms with van der Waals surface area (Å²) in [4.78, 5) is 16.5. The number of aryl methyl sites for hydroxylation is 1. The van der Waals surface area contributed by atoms with Gasteiger partial charge in [-0.25, -0.2) is 0 Å². The van der Waals surface area contributed by atoms with E-state index in [1.807, 2.05) is 38.1 Å². The zero-order chi connectivity index (χ0) is 19.6. The molecule has 1 aromatic heterocycles. The summed E-state index contributed by atoms with van der Waals surface area (Å²) in [6.07, 6.45) is 2.25. The zero-order valence-corrected chi connectivity index (χ0v) is 19.5. The van der Waals surface area contributed by atoms with Gasteiger partial charge in [-0.15, -0.1) is 24.0 Å². The lowest BCUT2D eigenvalue weighted by Gasteiger charge is -2.18. The summed E-state index contributed by atoms with van der Waals surface area (Å²) in [5, 5.41) is 10.2. The first kappa shape index (κ1) is 24.3. The number of carbonyl (C=O) groups excluding carboxylic acids is 1. The lowest BCUT2D eigenvalue weighted by atomic mass is 10.1. The van der Waals surface area contributed by atoms with Crippen LogP contribution in [0.5, 0.6) is 0 Å². The Morgan fingerprint density at radius 3 is 2.71 bits per heavy atom. The number of furan rings is 1. The van der Waals surface area contributed by atoms with Crippen LogP contribution >= 0.6 is 35.6 Å². The van der Waals surface area contributed by atoms with Crippen molar-refractivity contribution in [1.29, 1.82) is 0 Å². The van der Waals surface area contributed by atoms with Gasteiger partial charge in [0.1, 0.15) is 0 Å². The molecule has 1 unspecified atom stereocenters. The maximum absolute atomic E-state index is 12.0. The van der Waals surface area contributed by atoms with Gasteiger partial charge >= 0.3 is 0 Å². The summed E-state index contributed by atoms with van der Waals surface area (Å²) in [6, 6.07) is 9.60. The largest absolute Gasteiger partial charge is 0.459 e. The highest BCUT2D eigenvalue weighted by Crippen LogP contribution is 2.17. The van der Waals surface area contributed by atoms with Gasteiger partial charge in [0.25, 0.3) is 5.91 Å². The van der Waals surface area contributed by atoms with Crippen LogP contribution in [0, 0.1) is 6.92 Å². The maximum Gasteiger partial charge on any atom is 0.287 e. The molecular formula is C20H28ClIN4O2. The number of aliphatic imine (C=N–C) groups is 1. The molecule has 0 aliphatic carbocycles. The van der Waals surface area contributed by atoms with Gasteiger partial charge in [-0.1, -0.05) is 23.7 Å². The van der Waals surface area contributed by atoms with Gasteiger partial charge in [0.15, 0.2) is 11.7 Å². The van der Waals surface area contributed by atoms with Gasteiger partial charge in [-0.3, -0.25) is 9.79 Å². The van der Waals surface area contributed by atoms with Crippen molar-refractivity contribution in [2.75, 3.05) is 19.6 Å². The minimum Gasteiger partial charge on any atom is -0.459 e. The van der Waals surface area contributed by atoms with Gasteiger partial charge < -0.3 is 20.4 Å². The maximum atomic E-state index is 12.0. The first-order chi connectivity index (χ1) is 13.0. The predicted molar refractivity (Wildman–Crippen MR) is 125 cm³/mol. The Labute approximate surface area is 188 Å². The third kappa shape index (κ3) is 7.71. The number of amides is 1. The monoisotopic (exact) mass is 518 g/mol. The number of hydrogen-bond acceptors (Lipinski definition) is 3. The van der Waals surface area contributed by atoms with Crippen LogP contribution in [-0.4, -0.2) is 31.5 Å². The molecule has 1 aromatic carbocycles. The molecule has 28 heavy (non-hydrogen) atoms. The highest BCUT2D eigenvalue weighted by Gasteiger charge is 2.11. The molecule has 154 valence electrons. The number of rotatable bonds is 8. The van der Waals surface area contributed by atoms with E-state index < -0.39 is 0 Å². The van der Waals surface area contributed by atoms with Gasteiger partial charge in [-0.2, -0.15) is 0 Å². The fourth-order valence-corrected chi connectivity index (χ4v) is 2.74. The number of carbonyl (C=O) groups is 1. The van der Waals surface area contributed by atoms with Crippen LogP contribution in [-0.2, 0) is 0 Å². The number of halogens is 2. The molecule has 0 spiro atoms. The van der Waals surface area contributed by atoms with E-state index in [0.717, 1.165) is 30.1 Å². The predicted octanol–water partition coefficient (Wildman–Crippen LogP) is 4.30. The topological polar surface area (TPSA) is 78.7 Å². The molecule has 0 fully saturated rings. The SMILES string of the molecule is CCNC(=NCCCNC(=O)c1occc1C)NC(C)c1cccc(Cl)c1.I. The second kappa shape index (κ2) is 12.7. The molecule has 0 aliphatic rings. The van der Waals surface area contributed by atoms with Crippen molar-refractivity contribution in [2.24, 2.45) is 4.99 Å². The second-order valence-corrected chi connectivity index (χ2v) is 6.66. The van der Waals surface area contributed by atoms with Crippen molar-refractivity contribution in [3.63, 3.8) is 0 Å². The van der Waals surface area contributed by atoms with Crippen molar-refractivity contribution in [3.05, 3.63) is 58.5 Å². The molecule has 2 rings (SSSR count). The highest BCUT2D eigenvalue weighted by molar-refractivity contribution is 14.0. The summed E-state index contributed by atoms with van der Waals surface area (Å²) in [5.74, 6) is 0.906. The molecule has 0 saturated heterocycles. The second-order valence-electron chi connectivity index (χ2n) is 6.22. The first-order valence-electron chi connectivity index (χ1n) is 9.14. The van der Waals surface area contributed by atoms with E-state index >= 15 is 0 Å². The summed E-state index contributed by atoms with van der Waals surface area (Å²) >= 11 is 6.06. The van der Waals surface area contributed by atoms with Gasteiger partial charge in [-0.05, 0) is 51.0 Å². The molecule has 0 aliphatic heterocycles. The lowest BCUT2D eigenvalue weighted by molar-refractivity contribution is 0.0925. The minimum absolute atomic E-state index is 0. The molecule has 0 radical (unpaired) electrons. The molecule has 1 amide bonds. The minimum atomic E-state index is -0.193. The van der Waals surface area contributed by atoms with E-state index in [4.69, 9.17) is 16.0 Å². The van der Waals surface area contributed by atoms with Crippen molar-refractivity contribution >= 4 is 47.4 Å². The molecule has 6 nitrogen and oxygen atoms in total. The Kier molecular flexibility index (Phi) is 11.0. The van der Waals surface area contributed by atoms with E-state index in [9.17, 15) is 4.79 Å². The van der Waals surface area contributed by atoms with E-state index in [0.29, 0.717) is 23.9 Å². The molecule has 0 bridgehead atoms. The van der Waals surface area contributed by atoms with Crippen LogP contribution in [0.15, 0.2) is 46.0 Å². The van der Waals surface area contributed by atoms with Crippen molar-refractivity contribution in [3.8, 4) is 0 Å². The van der Waals surface area contributed by atoms with Crippen molar-refractivity contribution < 1.29 is 9.21 Å². The summed E-state index contributed by atoms with van der Waals surface area (Å²) in [5.41, 5.74) is 1.92. The van der Waals surface area contributed by atoms with E-state index in [2.05, 4.69) is 27.9 Å². The number of nitrogens with zero attached hydrogens (tertiary/aromatic N) is 1. The van der Waals surface area contributed by atoms with Crippen molar-refractivity contribution in [1.82, 2.24) is 16.0 Å². The average molecular weight is 519 g/mol. The van der Waals surface area contributed by atoms with Gasteiger partial charge in [0, 0.05) is 30.2 Å². The summed E-state index contributed by atoms with van der Waals surface area (Å²) in [6.45, 7) is 7.82. The number of guanidine groups is 1. The fraction of sp³-hybridized carbons (Fsp3) is 0.400. The fourth-order valence-electron chi connectivity index (χ4n) is 2.54. The van der Waals surface area contributed by atoms with Crippen LogP contribution in [0.3, 0.4) is 0 Å². The Morgan fingerprint density at radius 1 is 1.29 bits per heavy atom. The molecule has 2 aromatic rings. The van der Waals surface area contributed by atoms with E-state index in [-0.39, 0.29) is 35.9 Å². The third-order valence-corrected chi connectivity index (χ3v) is 4.24. The third-order valence-electron chi connectivity index (χ3n) is 4.00. The molecule has 8 heteroatoms. The lowest BCUT2D eigenvalue weighted by Crippen LogP contribution is -2.39. The standard InChI is InChI=1S/C20H27ClN4O2.HI/c1-4-22-20(25-15(3)16-7-5-8-17(21)13-16)24-11-6-10-23-19(26)18-14(2)9-12-27-18;/h5,7-9,12-13,15H,4,6,10-11H2,1-3H3,(H,23,26)(H2,22,24,25);1H. The summed E-state index contributed by atoms with van der Waals surface area (Å²) in [7, 11) is 0. The Bertz CT molecular complexity index is 779. The molecule has 1 heterocycles. The van der Waals surface area contributed by atoms with Crippen LogP contribution in [0.4, 0.5) is 0 Å². The van der Waals surface area contributed by atoms with E-state index in [1.165, 1.54) is 6.26 Å². The Balaban J connectivity index is 0.00000392. The average Bonchev–Trinajstić information content (AvgIpc) is 3.07.